The molecule has 0 saturated heterocycles. The number of anilines is 2. The lowest BCUT2D eigenvalue weighted by atomic mass is 10.3. The highest BCUT2D eigenvalue weighted by Crippen LogP contribution is 2.30. The minimum absolute atomic E-state index is 0.0305. The fourth-order valence-corrected chi connectivity index (χ4v) is 2.82. The highest BCUT2D eigenvalue weighted by molar-refractivity contribution is 7.18. The van der Waals surface area contributed by atoms with Crippen molar-refractivity contribution in [3.8, 4) is 0 Å². The molecule has 20 heavy (non-hydrogen) atoms. The molecule has 1 atom stereocenters. The van der Waals surface area contributed by atoms with E-state index < -0.39 is 0 Å². The van der Waals surface area contributed by atoms with Gasteiger partial charge in [-0.1, -0.05) is 13.8 Å². The number of aliphatic hydroxyl groups excluding tert-OH is 1. The molecule has 2 heterocycles. The van der Waals surface area contributed by atoms with Crippen molar-refractivity contribution < 1.29 is 5.11 Å². The van der Waals surface area contributed by atoms with E-state index in [1.54, 1.807) is 11.3 Å². The highest BCUT2D eigenvalue weighted by Gasteiger charge is 2.12. The summed E-state index contributed by atoms with van der Waals surface area (Å²) in [6.07, 6.45) is 2.02. The van der Waals surface area contributed by atoms with E-state index >= 15 is 0 Å². The van der Waals surface area contributed by atoms with Crippen molar-refractivity contribution in [1.82, 2.24) is 9.97 Å². The number of fused-ring (bicyclic) bond motifs is 1. The molecular formula is C14H22N4OS. The van der Waals surface area contributed by atoms with Crippen LogP contribution < -0.4 is 10.6 Å². The quantitative estimate of drug-likeness (QED) is 0.732. The number of aliphatic hydroxyl groups is 1. The van der Waals surface area contributed by atoms with Crippen molar-refractivity contribution in [3.05, 3.63) is 10.9 Å². The van der Waals surface area contributed by atoms with Gasteiger partial charge >= 0.3 is 0 Å². The second-order valence-electron chi connectivity index (χ2n) is 4.84. The van der Waals surface area contributed by atoms with Crippen LogP contribution in [0.3, 0.4) is 0 Å². The summed E-state index contributed by atoms with van der Waals surface area (Å²) < 4.78 is 0. The zero-order valence-electron chi connectivity index (χ0n) is 12.2. The number of hydrogen-bond acceptors (Lipinski definition) is 6. The topological polar surface area (TPSA) is 70.1 Å². The lowest BCUT2D eigenvalue weighted by molar-refractivity contribution is 0.281. The van der Waals surface area contributed by atoms with E-state index in [4.69, 9.17) is 0 Å². The Morgan fingerprint density at radius 1 is 1.35 bits per heavy atom. The molecule has 0 spiro atoms. The van der Waals surface area contributed by atoms with Gasteiger partial charge in [0, 0.05) is 17.5 Å². The molecule has 0 amide bonds. The van der Waals surface area contributed by atoms with Gasteiger partial charge in [0.05, 0.1) is 12.0 Å². The van der Waals surface area contributed by atoms with E-state index in [0.29, 0.717) is 5.95 Å². The van der Waals surface area contributed by atoms with Crippen LogP contribution in [-0.2, 0) is 6.42 Å². The molecule has 2 aromatic heterocycles. The van der Waals surface area contributed by atoms with Gasteiger partial charge in [-0.15, -0.1) is 11.3 Å². The number of aryl methyl sites for hydroxylation is 1. The Morgan fingerprint density at radius 2 is 2.15 bits per heavy atom. The molecule has 0 saturated carbocycles. The van der Waals surface area contributed by atoms with Crippen LogP contribution in [0.4, 0.5) is 11.8 Å². The van der Waals surface area contributed by atoms with Crippen molar-refractivity contribution in [3.63, 3.8) is 0 Å². The number of aromatic nitrogens is 2. The third-order valence-electron chi connectivity index (χ3n) is 2.98. The molecule has 2 rings (SSSR count). The molecule has 110 valence electrons. The predicted molar refractivity (Wildman–Crippen MR) is 85.7 cm³/mol. The number of thiophene rings is 1. The van der Waals surface area contributed by atoms with Crippen LogP contribution in [0.25, 0.3) is 10.2 Å². The van der Waals surface area contributed by atoms with Gasteiger partial charge in [0.15, 0.2) is 0 Å². The molecular weight excluding hydrogens is 272 g/mol. The average molecular weight is 294 g/mol. The normalized spacial score (nSPS) is 12.6. The number of hydrogen-bond donors (Lipinski definition) is 3. The Kier molecular flexibility index (Phi) is 5.14. The van der Waals surface area contributed by atoms with Gasteiger partial charge in [-0.3, -0.25) is 0 Å². The van der Waals surface area contributed by atoms with Gasteiger partial charge in [-0.25, -0.2) is 4.98 Å². The third kappa shape index (κ3) is 3.37. The Hall–Kier alpha value is -1.40. The molecule has 0 bridgehead atoms. The predicted octanol–water partition coefficient (Wildman–Crippen LogP) is 2.87. The van der Waals surface area contributed by atoms with E-state index in [9.17, 15) is 5.11 Å². The van der Waals surface area contributed by atoms with Gasteiger partial charge in [0.2, 0.25) is 5.95 Å². The monoisotopic (exact) mass is 294 g/mol. The largest absolute Gasteiger partial charge is 0.394 e. The summed E-state index contributed by atoms with van der Waals surface area (Å²) in [6, 6.07) is 2.10. The van der Waals surface area contributed by atoms with Gasteiger partial charge < -0.3 is 15.7 Å². The summed E-state index contributed by atoms with van der Waals surface area (Å²) in [7, 11) is 0. The van der Waals surface area contributed by atoms with E-state index in [0.717, 1.165) is 35.4 Å². The van der Waals surface area contributed by atoms with Crippen molar-refractivity contribution in [2.75, 3.05) is 23.8 Å². The minimum Gasteiger partial charge on any atom is -0.394 e. The maximum absolute atomic E-state index is 9.21. The first kappa shape index (κ1) is 15.0. The lowest BCUT2D eigenvalue weighted by Crippen LogP contribution is -2.20. The maximum atomic E-state index is 9.21. The van der Waals surface area contributed by atoms with Gasteiger partial charge in [0.1, 0.15) is 10.6 Å². The Bertz CT molecular complexity index is 570. The van der Waals surface area contributed by atoms with Crippen LogP contribution in [-0.4, -0.2) is 34.3 Å². The summed E-state index contributed by atoms with van der Waals surface area (Å²) in [6.45, 7) is 7.11. The first-order valence-corrected chi connectivity index (χ1v) is 7.91. The Labute approximate surface area is 123 Å². The smallest absolute Gasteiger partial charge is 0.226 e. The molecule has 5 nitrogen and oxygen atoms in total. The van der Waals surface area contributed by atoms with E-state index in [-0.39, 0.29) is 12.6 Å². The molecule has 0 aliphatic carbocycles. The van der Waals surface area contributed by atoms with Gasteiger partial charge in [-0.05, 0) is 25.8 Å². The molecule has 0 aromatic carbocycles. The molecule has 2 aromatic rings. The van der Waals surface area contributed by atoms with Crippen LogP contribution in [0, 0.1) is 0 Å². The number of nitrogens with one attached hydrogen (secondary N) is 2. The second-order valence-corrected chi connectivity index (χ2v) is 5.95. The third-order valence-corrected chi connectivity index (χ3v) is 4.16. The van der Waals surface area contributed by atoms with Crippen LogP contribution >= 0.6 is 11.3 Å². The Balaban J connectivity index is 2.40. The second kappa shape index (κ2) is 6.85. The summed E-state index contributed by atoms with van der Waals surface area (Å²) in [5.41, 5.74) is 0. The van der Waals surface area contributed by atoms with Crippen LogP contribution in [0.15, 0.2) is 6.07 Å². The first-order valence-electron chi connectivity index (χ1n) is 7.09. The fourth-order valence-electron chi connectivity index (χ4n) is 1.85. The standard InChI is InChI=1S/C14H22N4OS/c1-4-6-15-14-17-12(16-9(3)8-19)11-7-10(5-2)20-13(11)18-14/h7,9,19H,4-6,8H2,1-3H3,(H2,15,16,17,18). The molecule has 0 aliphatic heterocycles. The number of rotatable bonds is 7. The molecule has 6 heteroatoms. The summed E-state index contributed by atoms with van der Waals surface area (Å²) >= 11 is 1.70. The molecule has 0 fully saturated rings. The lowest BCUT2D eigenvalue weighted by Gasteiger charge is -2.13. The number of nitrogens with zero attached hydrogens (tertiary/aromatic N) is 2. The Morgan fingerprint density at radius 3 is 2.80 bits per heavy atom. The zero-order chi connectivity index (χ0) is 14.5. The summed E-state index contributed by atoms with van der Waals surface area (Å²) in [5, 5.41) is 16.7. The van der Waals surface area contributed by atoms with E-state index in [2.05, 4.69) is 40.5 Å². The maximum Gasteiger partial charge on any atom is 0.226 e. The fraction of sp³-hybridized carbons (Fsp3) is 0.571. The highest BCUT2D eigenvalue weighted by atomic mass is 32.1. The average Bonchev–Trinajstić information content (AvgIpc) is 2.88. The molecule has 0 aliphatic rings. The van der Waals surface area contributed by atoms with Gasteiger partial charge in [-0.2, -0.15) is 4.98 Å². The SMILES string of the molecule is CCCNc1nc(NC(C)CO)c2cc(CC)sc2n1. The van der Waals surface area contributed by atoms with Crippen molar-refractivity contribution in [2.45, 2.75) is 39.7 Å². The zero-order valence-corrected chi connectivity index (χ0v) is 13.0. The van der Waals surface area contributed by atoms with Crippen LogP contribution in [0.2, 0.25) is 0 Å². The minimum atomic E-state index is -0.0305. The van der Waals surface area contributed by atoms with Crippen molar-refractivity contribution >= 4 is 33.3 Å². The van der Waals surface area contributed by atoms with Crippen molar-refractivity contribution in [1.29, 1.82) is 0 Å². The molecule has 0 radical (unpaired) electrons. The summed E-state index contributed by atoms with van der Waals surface area (Å²) in [4.78, 5) is 11.4. The van der Waals surface area contributed by atoms with Crippen LogP contribution in [0.1, 0.15) is 32.1 Å². The van der Waals surface area contributed by atoms with E-state index in [1.165, 1.54) is 4.88 Å². The molecule has 1 unspecified atom stereocenters. The van der Waals surface area contributed by atoms with Gasteiger partial charge in [0.25, 0.3) is 0 Å². The first-order chi connectivity index (χ1) is 9.67. The summed E-state index contributed by atoms with van der Waals surface area (Å²) in [5.74, 6) is 1.45. The van der Waals surface area contributed by atoms with Crippen LogP contribution in [0.5, 0.6) is 0 Å². The molecule has 3 N–H and O–H groups in total. The van der Waals surface area contributed by atoms with E-state index in [1.807, 2.05) is 6.92 Å². The van der Waals surface area contributed by atoms with Crippen molar-refractivity contribution in [2.24, 2.45) is 0 Å².